The minimum absolute atomic E-state index is 0.0415. The number of carbonyl (C=O) groups excluding carboxylic acids is 2. The van der Waals surface area contributed by atoms with Gasteiger partial charge in [0, 0.05) is 0 Å². The Morgan fingerprint density at radius 1 is 1.23 bits per heavy atom. The number of carbonyl (C=O) groups is 2. The Balaban J connectivity index is 1.84. The number of hydrogen-bond acceptors (Lipinski definition) is 3. The fraction of sp³-hybridized carbons (Fsp3) is 0.176. The predicted molar refractivity (Wildman–Crippen MR) is 84.1 cm³/mol. The number of anilines is 2. The molecule has 1 heterocycles. The molecule has 2 aromatic rings. The van der Waals surface area contributed by atoms with Crippen LogP contribution >= 0.6 is 0 Å². The van der Waals surface area contributed by atoms with E-state index in [1.165, 1.54) is 4.90 Å². The minimum Gasteiger partial charge on any atom is -0.497 e. The number of para-hydroxylation sites is 2. The van der Waals surface area contributed by atoms with Gasteiger partial charge in [-0.25, -0.2) is 0 Å². The van der Waals surface area contributed by atoms with Crippen LogP contribution < -0.4 is 15.0 Å². The lowest BCUT2D eigenvalue weighted by Crippen LogP contribution is -2.42. The quantitative estimate of drug-likeness (QED) is 0.945. The van der Waals surface area contributed by atoms with Gasteiger partial charge in [0.2, 0.25) is 11.8 Å². The van der Waals surface area contributed by atoms with Crippen LogP contribution in [0.5, 0.6) is 5.75 Å². The molecule has 0 saturated carbocycles. The maximum atomic E-state index is 12.6. The van der Waals surface area contributed by atoms with Crippen molar-refractivity contribution in [3.8, 4) is 5.75 Å². The van der Waals surface area contributed by atoms with Crippen molar-refractivity contribution in [2.45, 2.75) is 6.42 Å². The molecule has 1 N–H and O–H groups in total. The van der Waals surface area contributed by atoms with E-state index in [4.69, 9.17) is 4.74 Å². The van der Waals surface area contributed by atoms with Crippen LogP contribution in [0.15, 0.2) is 48.5 Å². The summed E-state index contributed by atoms with van der Waals surface area (Å²) in [5.41, 5.74) is 2.25. The number of hydrogen-bond donors (Lipinski definition) is 1. The molecule has 0 saturated heterocycles. The Morgan fingerprint density at radius 2 is 2.05 bits per heavy atom. The van der Waals surface area contributed by atoms with Gasteiger partial charge in [-0.2, -0.15) is 0 Å². The van der Waals surface area contributed by atoms with E-state index in [1.807, 2.05) is 42.5 Å². The van der Waals surface area contributed by atoms with Crippen LogP contribution in [0.3, 0.4) is 0 Å². The van der Waals surface area contributed by atoms with Crippen LogP contribution in [0.4, 0.5) is 11.4 Å². The third kappa shape index (κ3) is 2.79. The third-order valence-electron chi connectivity index (χ3n) is 3.56. The Bertz CT molecular complexity index is 727. The minimum atomic E-state index is -0.183. The van der Waals surface area contributed by atoms with Crippen LogP contribution in [-0.4, -0.2) is 25.5 Å². The Labute approximate surface area is 128 Å². The van der Waals surface area contributed by atoms with Crippen molar-refractivity contribution in [3.05, 3.63) is 54.1 Å². The number of benzene rings is 2. The molecule has 0 unspecified atom stereocenters. The van der Waals surface area contributed by atoms with E-state index >= 15 is 0 Å². The fourth-order valence-electron chi connectivity index (χ4n) is 2.51. The summed E-state index contributed by atoms with van der Waals surface area (Å²) < 4.78 is 5.17. The largest absolute Gasteiger partial charge is 0.497 e. The van der Waals surface area contributed by atoms with Crippen LogP contribution in [0.25, 0.3) is 0 Å². The van der Waals surface area contributed by atoms with Gasteiger partial charge in [-0.3, -0.25) is 9.59 Å². The average molecular weight is 296 g/mol. The molecule has 0 radical (unpaired) electrons. The zero-order valence-electron chi connectivity index (χ0n) is 12.2. The number of amides is 2. The van der Waals surface area contributed by atoms with Gasteiger partial charge < -0.3 is 15.0 Å². The molecule has 2 amide bonds. The number of nitrogens with zero attached hydrogens (tertiary/aromatic N) is 1. The van der Waals surface area contributed by atoms with Crippen molar-refractivity contribution in [1.29, 1.82) is 0 Å². The van der Waals surface area contributed by atoms with E-state index in [2.05, 4.69) is 5.32 Å². The molecule has 22 heavy (non-hydrogen) atoms. The zero-order chi connectivity index (χ0) is 15.5. The van der Waals surface area contributed by atoms with E-state index in [-0.39, 0.29) is 24.8 Å². The monoisotopic (exact) mass is 296 g/mol. The third-order valence-corrected chi connectivity index (χ3v) is 3.56. The van der Waals surface area contributed by atoms with E-state index in [9.17, 15) is 9.59 Å². The Hall–Kier alpha value is -2.82. The molecule has 112 valence electrons. The lowest BCUT2D eigenvalue weighted by molar-refractivity contribution is -0.121. The van der Waals surface area contributed by atoms with Gasteiger partial charge in [0.25, 0.3) is 0 Å². The van der Waals surface area contributed by atoms with Crippen molar-refractivity contribution in [1.82, 2.24) is 0 Å². The summed E-state index contributed by atoms with van der Waals surface area (Å²) in [6.07, 6.45) is 0.221. The summed E-state index contributed by atoms with van der Waals surface area (Å²) >= 11 is 0. The van der Waals surface area contributed by atoms with Crippen molar-refractivity contribution in [3.63, 3.8) is 0 Å². The Morgan fingerprint density at radius 3 is 2.86 bits per heavy atom. The molecule has 5 heteroatoms. The SMILES string of the molecule is COc1cccc(CC(=O)N2CC(=O)Nc3ccccc32)c1. The fourth-order valence-corrected chi connectivity index (χ4v) is 2.51. The van der Waals surface area contributed by atoms with Crippen molar-refractivity contribution in [2.75, 3.05) is 23.9 Å². The molecule has 0 aliphatic carbocycles. The molecule has 2 aromatic carbocycles. The molecular formula is C17H16N2O3. The molecule has 0 aromatic heterocycles. The van der Waals surface area contributed by atoms with Crippen LogP contribution in [0.2, 0.25) is 0 Å². The topological polar surface area (TPSA) is 58.6 Å². The summed E-state index contributed by atoms with van der Waals surface area (Å²) in [6.45, 7) is 0.0415. The molecule has 0 spiro atoms. The first kappa shape index (κ1) is 14.1. The van der Waals surface area contributed by atoms with Gasteiger partial charge in [-0.15, -0.1) is 0 Å². The first-order valence-corrected chi connectivity index (χ1v) is 6.99. The molecular weight excluding hydrogens is 280 g/mol. The molecule has 5 nitrogen and oxygen atoms in total. The molecule has 1 aliphatic heterocycles. The van der Waals surface area contributed by atoms with Gasteiger partial charge in [0.05, 0.1) is 24.9 Å². The highest BCUT2D eigenvalue weighted by atomic mass is 16.5. The van der Waals surface area contributed by atoms with E-state index in [0.29, 0.717) is 11.4 Å². The van der Waals surface area contributed by atoms with Crippen molar-refractivity contribution in [2.24, 2.45) is 0 Å². The van der Waals surface area contributed by atoms with Crippen molar-refractivity contribution < 1.29 is 14.3 Å². The average Bonchev–Trinajstić information content (AvgIpc) is 2.54. The van der Waals surface area contributed by atoms with Gasteiger partial charge in [-0.05, 0) is 29.8 Å². The standard InChI is InChI=1S/C17H16N2O3/c1-22-13-6-4-5-12(9-13)10-17(21)19-11-16(20)18-14-7-2-3-8-15(14)19/h2-9H,10-11H2,1H3,(H,18,20). The smallest absolute Gasteiger partial charge is 0.244 e. The number of nitrogens with one attached hydrogen (secondary N) is 1. The summed E-state index contributed by atoms with van der Waals surface area (Å²) in [6, 6.07) is 14.7. The van der Waals surface area contributed by atoms with Gasteiger partial charge >= 0.3 is 0 Å². The first-order valence-electron chi connectivity index (χ1n) is 6.99. The summed E-state index contributed by atoms with van der Waals surface area (Å²) in [4.78, 5) is 25.9. The summed E-state index contributed by atoms with van der Waals surface area (Å²) in [5.74, 6) is 0.412. The number of fused-ring (bicyclic) bond motifs is 1. The highest BCUT2D eigenvalue weighted by molar-refractivity contribution is 6.10. The summed E-state index contributed by atoms with van der Waals surface area (Å²) in [5, 5.41) is 2.77. The number of ether oxygens (including phenoxy) is 1. The normalized spacial score (nSPS) is 13.3. The van der Waals surface area contributed by atoms with Crippen LogP contribution in [-0.2, 0) is 16.0 Å². The van der Waals surface area contributed by atoms with Gasteiger partial charge in [0.1, 0.15) is 12.3 Å². The number of methoxy groups -OCH3 is 1. The molecule has 3 rings (SSSR count). The second kappa shape index (κ2) is 5.89. The van der Waals surface area contributed by atoms with Crippen LogP contribution in [0, 0.1) is 0 Å². The molecule has 0 fully saturated rings. The first-order chi connectivity index (χ1) is 10.7. The Kier molecular flexibility index (Phi) is 3.78. The lowest BCUT2D eigenvalue weighted by Gasteiger charge is -2.29. The highest BCUT2D eigenvalue weighted by Crippen LogP contribution is 2.29. The van der Waals surface area contributed by atoms with E-state index in [1.54, 1.807) is 13.2 Å². The van der Waals surface area contributed by atoms with Gasteiger partial charge in [-0.1, -0.05) is 24.3 Å². The van der Waals surface area contributed by atoms with Crippen LogP contribution in [0.1, 0.15) is 5.56 Å². The zero-order valence-corrected chi connectivity index (χ0v) is 12.2. The number of rotatable bonds is 3. The molecule has 0 atom stereocenters. The second-order valence-electron chi connectivity index (χ2n) is 5.07. The lowest BCUT2D eigenvalue weighted by atomic mass is 10.1. The molecule has 0 bridgehead atoms. The second-order valence-corrected chi connectivity index (χ2v) is 5.07. The maximum Gasteiger partial charge on any atom is 0.244 e. The maximum absolute atomic E-state index is 12.6. The summed E-state index contributed by atoms with van der Waals surface area (Å²) in [7, 11) is 1.59. The predicted octanol–water partition coefficient (Wildman–Crippen LogP) is 2.22. The van der Waals surface area contributed by atoms with Crippen molar-refractivity contribution >= 4 is 23.2 Å². The van der Waals surface area contributed by atoms with E-state index < -0.39 is 0 Å². The van der Waals surface area contributed by atoms with E-state index in [0.717, 1.165) is 11.3 Å². The highest BCUT2D eigenvalue weighted by Gasteiger charge is 2.26. The molecule has 1 aliphatic rings. The van der Waals surface area contributed by atoms with Gasteiger partial charge in [0.15, 0.2) is 0 Å².